The second kappa shape index (κ2) is 6.63. The SMILES string of the molecule is C[C@]1(N)CN(c2c(NC3C[N+](C)(C)C3)c(=O)c2=O)C[C@@H]1CCCB(O)O. The average molecular weight is 365 g/mol. The van der Waals surface area contributed by atoms with Crippen molar-refractivity contribution in [1.29, 1.82) is 0 Å². The molecule has 0 radical (unpaired) electrons. The molecule has 0 aromatic heterocycles. The second-order valence-electron chi connectivity index (χ2n) is 9.02. The van der Waals surface area contributed by atoms with Gasteiger partial charge in [-0.1, -0.05) is 6.42 Å². The van der Waals surface area contributed by atoms with E-state index in [4.69, 9.17) is 15.8 Å². The van der Waals surface area contributed by atoms with Crippen molar-refractivity contribution >= 4 is 18.5 Å². The number of quaternary nitrogens is 1. The van der Waals surface area contributed by atoms with Gasteiger partial charge in [-0.15, -0.1) is 0 Å². The van der Waals surface area contributed by atoms with Crippen LogP contribution in [0.5, 0.6) is 0 Å². The van der Waals surface area contributed by atoms with Gasteiger partial charge < -0.3 is 30.5 Å². The number of hydrogen-bond donors (Lipinski definition) is 4. The largest absolute Gasteiger partial charge is 0.451 e. The number of nitrogens with zero attached hydrogens (tertiary/aromatic N) is 2. The topological polar surface area (TPSA) is 116 Å². The molecular weight excluding hydrogens is 335 g/mol. The van der Waals surface area contributed by atoms with E-state index in [1.165, 1.54) is 0 Å². The first-order valence-electron chi connectivity index (χ1n) is 9.32. The summed E-state index contributed by atoms with van der Waals surface area (Å²) in [6.45, 7) is 4.95. The summed E-state index contributed by atoms with van der Waals surface area (Å²) in [7, 11) is 2.97. The van der Waals surface area contributed by atoms with Crippen LogP contribution < -0.4 is 26.8 Å². The summed E-state index contributed by atoms with van der Waals surface area (Å²) in [5.41, 5.74) is 6.03. The fraction of sp³-hybridized carbons (Fsp3) is 0.765. The van der Waals surface area contributed by atoms with E-state index in [-0.39, 0.29) is 12.0 Å². The standard InChI is InChI=1S/C17H29BN4O4/c1-17(19)10-21(7-11(17)5-4-6-18(25)26)14-13(15(23)16(14)24)20-12-8-22(2,3)9-12/h11-12,25-26H,4-10,19H2,1-3H3/p+1/t11-,17-/m0/s1. The number of likely N-dealkylation sites (N-methyl/N-ethyl adjacent to an activating group) is 1. The maximum absolute atomic E-state index is 12.2. The molecule has 26 heavy (non-hydrogen) atoms. The van der Waals surface area contributed by atoms with Gasteiger partial charge in [0.2, 0.25) is 0 Å². The van der Waals surface area contributed by atoms with Crippen molar-refractivity contribution in [2.24, 2.45) is 11.7 Å². The summed E-state index contributed by atoms with van der Waals surface area (Å²) in [6.07, 6.45) is 1.73. The van der Waals surface area contributed by atoms with E-state index >= 15 is 0 Å². The summed E-state index contributed by atoms with van der Waals surface area (Å²) in [6, 6.07) is 0.223. The zero-order chi connectivity index (χ0) is 19.3. The van der Waals surface area contributed by atoms with Crippen LogP contribution in [-0.2, 0) is 0 Å². The molecule has 0 unspecified atom stereocenters. The van der Waals surface area contributed by atoms with Crippen molar-refractivity contribution in [2.45, 2.75) is 37.7 Å². The average Bonchev–Trinajstić information content (AvgIpc) is 2.78. The quantitative estimate of drug-likeness (QED) is 0.266. The Kier molecular flexibility index (Phi) is 4.94. The minimum Gasteiger partial charge on any atom is -0.427 e. The lowest BCUT2D eigenvalue weighted by atomic mass is 9.79. The van der Waals surface area contributed by atoms with Gasteiger partial charge in [0.05, 0.1) is 14.1 Å². The molecule has 2 saturated heterocycles. The first-order chi connectivity index (χ1) is 12.0. The Bertz CT molecular complexity index is 734. The molecule has 2 fully saturated rings. The highest BCUT2D eigenvalue weighted by Crippen LogP contribution is 2.35. The Labute approximate surface area is 154 Å². The van der Waals surface area contributed by atoms with E-state index in [0.717, 1.165) is 24.0 Å². The predicted molar refractivity (Wildman–Crippen MR) is 103 cm³/mol. The highest BCUT2D eigenvalue weighted by molar-refractivity contribution is 6.40. The minimum atomic E-state index is -1.30. The fourth-order valence-corrected chi connectivity index (χ4v) is 4.47. The molecule has 0 aliphatic carbocycles. The third kappa shape index (κ3) is 3.66. The maximum Gasteiger partial charge on any atom is 0.451 e. The van der Waals surface area contributed by atoms with Crippen LogP contribution in [0.4, 0.5) is 11.4 Å². The molecule has 1 aromatic rings. The third-order valence-corrected chi connectivity index (χ3v) is 5.90. The molecule has 3 rings (SSSR count). The van der Waals surface area contributed by atoms with E-state index < -0.39 is 23.5 Å². The van der Waals surface area contributed by atoms with E-state index in [1.54, 1.807) is 0 Å². The van der Waals surface area contributed by atoms with Crippen molar-refractivity contribution in [3.05, 3.63) is 20.4 Å². The molecule has 0 saturated carbocycles. The van der Waals surface area contributed by atoms with Crippen LogP contribution in [0.1, 0.15) is 19.8 Å². The summed E-state index contributed by atoms with van der Waals surface area (Å²) < 4.78 is 0.909. The predicted octanol–water partition coefficient (Wildman–Crippen LogP) is -1.44. The first-order valence-corrected chi connectivity index (χ1v) is 9.32. The molecule has 2 aliphatic heterocycles. The number of rotatable bonds is 7. The minimum absolute atomic E-state index is 0.137. The van der Waals surface area contributed by atoms with E-state index in [9.17, 15) is 9.59 Å². The Balaban J connectivity index is 1.67. The van der Waals surface area contributed by atoms with Crippen molar-refractivity contribution in [3.8, 4) is 0 Å². The third-order valence-electron chi connectivity index (χ3n) is 5.90. The van der Waals surface area contributed by atoms with Crippen LogP contribution in [0.15, 0.2) is 9.59 Å². The lowest BCUT2D eigenvalue weighted by Gasteiger charge is -2.45. The zero-order valence-corrected chi connectivity index (χ0v) is 15.9. The van der Waals surface area contributed by atoms with Gasteiger partial charge in [-0.3, -0.25) is 9.59 Å². The smallest absolute Gasteiger partial charge is 0.427 e. The highest BCUT2D eigenvalue weighted by Gasteiger charge is 2.44. The lowest BCUT2D eigenvalue weighted by Crippen LogP contribution is -2.65. The molecule has 0 bridgehead atoms. The van der Waals surface area contributed by atoms with Crippen LogP contribution in [0, 0.1) is 5.92 Å². The molecule has 0 spiro atoms. The molecule has 8 nitrogen and oxygen atoms in total. The van der Waals surface area contributed by atoms with Crippen molar-refractivity contribution in [2.75, 3.05) is 50.5 Å². The van der Waals surface area contributed by atoms with Crippen molar-refractivity contribution in [1.82, 2.24) is 0 Å². The maximum atomic E-state index is 12.2. The molecule has 144 valence electrons. The molecule has 2 aliphatic rings. The van der Waals surface area contributed by atoms with Crippen LogP contribution in [0.25, 0.3) is 0 Å². The summed E-state index contributed by atoms with van der Waals surface area (Å²) in [5, 5.41) is 21.3. The van der Waals surface area contributed by atoms with Crippen LogP contribution in [-0.4, -0.2) is 73.5 Å². The number of anilines is 2. The summed E-state index contributed by atoms with van der Waals surface area (Å²) in [4.78, 5) is 26.2. The van der Waals surface area contributed by atoms with E-state index in [0.29, 0.717) is 37.2 Å². The number of hydrogen-bond acceptors (Lipinski definition) is 7. The molecule has 9 heteroatoms. The van der Waals surface area contributed by atoms with Gasteiger partial charge in [-0.2, -0.15) is 0 Å². The van der Waals surface area contributed by atoms with E-state index in [2.05, 4.69) is 19.4 Å². The molecule has 2 atom stereocenters. The number of likely N-dealkylation sites (tertiary alicyclic amines) is 1. The van der Waals surface area contributed by atoms with Crippen molar-refractivity contribution < 1.29 is 14.5 Å². The normalized spacial score (nSPS) is 28.4. The molecule has 2 heterocycles. The fourth-order valence-electron chi connectivity index (χ4n) is 4.47. The van der Waals surface area contributed by atoms with Gasteiger partial charge in [0.1, 0.15) is 30.5 Å². The van der Waals surface area contributed by atoms with Gasteiger partial charge in [0.25, 0.3) is 10.9 Å². The molecule has 0 amide bonds. The van der Waals surface area contributed by atoms with Crippen LogP contribution >= 0.6 is 0 Å². The monoisotopic (exact) mass is 365 g/mol. The number of nitrogens with one attached hydrogen (secondary N) is 1. The van der Waals surface area contributed by atoms with Gasteiger partial charge >= 0.3 is 7.12 Å². The second-order valence-corrected chi connectivity index (χ2v) is 9.02. The Morgan fingerprint density at radius 3 is 2.54 bits per heavy atom. The van der Waals surface area contributed by atoms with Gasteiger partial charge in [0, 0.05) is 18.6 Å². The molecule has 5 N–H and O–H groups in total. The van der Waals surface area contributed by atoms with Gasteiger partial charge in [-0.25, -0.2) is 0 Å². The Morgan fingerprint density at radius 2 is 1.96 bits per heavy atom. The molecular formula is C17H30BN4O4+. The van der Waals surface area contributed by atoms with Crippen LogP contribution in [0.2, 0.25) is 6.32 Å². The van der Waals surface area contributed by atoms with Crippen LogP contribution in [0.3, 0.4) is 0 Å². The lowest BCUT2D eigenvalue weighted by molar-refractivity contribution is -0.929. The highest BCUT2D eigenvalue weighted by atomic mass is 16.4. The molecule has 1 aromatic carbocycles. The van der Waals surface area contributed by atoms with Crippen molar-refractivity contribution in [3.63, 3.8) is 0 Å². The van der Waals surface area contributed by atoms with E-state index in [1.807, 2.05) is 11.8 Å². The summed E-state index contributed by atoms with van der Waals surface area (Å²) >= 11 is 0. The Hall–Kier alpha value is -1.42. The summed E-state index contributed by atoms with van der Waals surface area (Å²) in [5.74, 6) is 0.137. The van der Waals surface area contributed by atoms with Gasteiger partial charge in [-0.05, 0) is 25.6 Å². The Morgan fingerprint density at radius 1 is 1.31 bits per heavy atom. The zero-order valence-electron chi connectivity index (χ0n) is 15.9. The van der Waals surface area contributed by atoms with Gasteiger partial charge in [0.15, 0.2) is 0 Å². The first kappa shape index (κ1) is 19.3. The number of nitrogens with two attached hydrogens (primary N) is 1.